The van der Waals surface area contributed by atoms with Crippen molar-refractivity contribution in [1.29, 1.82) is 0 Å². The fourth-order valence-electron chi connectivity index (χ4n) is 2.42. The molecule has 3 heteroatoms. The van der Waals surface area contributed by atoms with Crippen molar-refractivity contribution in [3.63, 3.8) is 0 Å². The maximum absolute atomic E-state index is 4.27. The maximum Gasteiger partial charge on any atom is 0.0396 e. The predicted octanol–water partition coefficient (Wildman–Crippen LogP) is 2.44. The third-order valence-corrected chi connectivity index (χ3v) is 3.78. The van der Waals surface area contributed by atoms with Crippen LogP contribution in [0.1, 0.15) is 12.0 Å². The molecule has 0 spiro atoms. The molecule has 94 valence electrons. The van der Waals surface area contributed by atoms with Crippen molar-refractivity contribution < 1.29 is 0 Å². The van der Waals surface area contributed by atoms with Gasteiger partial charge in [0.1, 0.15) is 0 Å². The summed E-state index contributed by atoms with van der Waals surface area (Å²) in [5, 5.41) is 0. The normalized spacial score (nSPS) is 17.4. The van der Waals surface area contributed by atoms with Crippen LogP contribution in [0.2, 0.25) is 0 Å². The van der Waals surface area contributed by atoms with Gasteiger partial charge in [-0.3, -0.25) is 4.90 Å². The summed E-state index contributed by atoms with van der Waals surface area (Å²) >= 11 is 4.27. The Morgan fingerprint density at radius 2 is 1.82 bits per heavy atom. The van der Waals surface area contributed by atoms with E-state index in [1.54, 1.807) is 0 Å². The molecule has 1 aliphatic rings. The van der Waals surface area contributed by atoms with Gasteiger partial charge in [0.05, 0.1) is 0 Å². The molecule has 0 amide bonds. The third-order valence-electron chi connectivity index (χ3n) is 3.46. The van der Waals surface area contributed by atoms with E-state index in [2.05, 4.69) is 53.6 Å². The number of piperazine rings is 1. The smallest absolute Gasteiger partial charge is 0.0396 e. The van der Waals surface area contributed by atoms with Gasteiger partial charge in [-0.05, 0) is 37.3 Å². The number of benzene rings is 1. The van der Waals surface area contributed by atoms with Crippen LogP contribution in [0.15, 0.2) is 24.3 Å². The fraction of sp³-hybridized carbons (Fsp3) is 0.571. The van der Waals surface area contributed by atoms with E-state index in [-0.39, 0.29) is 0 Å². The van der Waals surface area contributed by atoms with Crippen LogP contribution in [-0.2, 0) is 0 Å². The maximum atomic E-state index is 4.27. The predicted molar refractivity (Wildman–Crippen MR) is 78.3 cm³/mol. The van der Waals surface area contributed by atoms with E-state index in [9.17, 15) is 0 Å². The second-order valence-electron chi connectivity index (χ2n) is 4.69. The van der Waals surface area contributed by atoms with E-state index < -0.39 is 0 Å². The van der Waals surface area contributed by atoms with Gasteiger partial charge in [0.25, 0.3) is 0 Å². The number of hydrogen-bond donors (Lipinski definition) is 1. The van der Waals surface area contributed by atoms with E-state index in [0.29, 0.717) is 0 Å². The van der Waals surface area contributed by atoms with Crippen molar-refractivity contribution in [2.24, 2.45) is 0 Å². The second-order valence-corrected chi connectivity index (χ2v) is 5.14. The average Bonchev–Trinajstić information content (AvgIpc) is 2.38. The highest BCUT2D eigenvalue weighted by molar-refractivity contribution is 7.80. The van der Waals surface area contributed by atoms with Gasteiger partial charge in [-0.2, -0.15) is 12.6 Å². The number of nitrogens with zero attached hydrogens (tertiary/aromatic N) is 2. The fourth-order valence-corrected chi connectivity index (χ4v) is 2.57. The van der Waals surface area contributed by atoms with Gasteiger partial charge < -0.3 is 4.90 Å². The Morgan fingerprint density at radius 3 is 2.47 bits per heavy atom. The molecule has 1 aromatic rings. The summed E-state index contributed by atoms with van der Waals surface area (Å²) in [6.45, 7) is 8.06. The molecule has 1 saturated heterocycles. The van der Waals surface area contributed by atoms with Crippen molar-refractivity contribution in [2.45, 2.75) is 13.3 Å². The number of aryl methyl sites for hydroxylation is 1. The Kier molecular flexibility index (Phi) is 4.75. The van der Waals surface area contributed by atoms with E-state index >= 15 is 0 Å². The largest absolute Gasteiger partial charge is 0.369 e. The highest BCUT2D eigenvalue weighted by Gasteiger charge is 2.17. The number of anilines is 1. The molecule has 0 atom stereocenters. The molecule has 0 bridgehead atoms. The summed E-state index contributed by atoms with van der Waals surface area (Å²) in [7, 11) is 0. The number of hydrogen-bond acceptors (Lipinski definition) is 3. The number of rotatable bonds is 4. The molecule has 2 nitrogen and oxygen atoms in total. The second kappa shape index (κ2) is 6.31. The lowest BCUT2D eigenvalue weighted by Crippen LogP contribution is -2.46. The Labute approximate surface area is 110 Å². The van der Waals surface area contributed by atoms with Crippen LogP contribution in [0.4, 0.5) is 5.69 Å². The summed E-state index contributed by atoms with van der Waals surface area (Å²) in [6.07, 6.45) is 1.20. The van der Waals surface area contributed by atoms with E-state index in [4.69, 9.17) is 0 Å². The zero-order chi connectivity index (χ0) is 12.1. The molecule has 1 aromatic carbocycles. The lowest BCUT2D eigenvalue weighted by atomic mass is 10.1. The quantitative estimate of drug-likeness (QED) is 0.820. The molecule has 1 heterocycles. The van der Waals surface area contributed by atoms with Crippen LogP contribution in [0.3, 0.4) is 0 Å². The van der Waals surface area contributed by atoms with Gasteiger partial charge in [0.2, 0.25) is 0 Å². The van der Waals surface area contributed by atoms with Crippen molar-refractivity contribution >= 4 is 18.3 Å². The van der Waals surface area contributed by atoms with Gasteiger partial charge in [-0.1, -0.05) is 18.2 Å². The van der Waals surface area contributed by atoms with Crippen LogP contribution >= 0.6 is 12.6 Å². The van der Waals surface area contributed by atoms with Crippen molar-refractivity contribution in [2.75, 3.05) is 43.4 Å². The molecule has 17 heavy (non-hydrogen) atoms. The Bertz CT molecular complexity index is 346. The summed E-state index contributed by atoms with van der Waals surface area (Å²) < 4.78 is 0. The standard InChI is InChI=1S/C14H22N2S/c1-13-5-2-3-6-14(13)16-10-8-15(9-11-16)7-4-12-17/h2-3,5-6,17H,4,7-12H2,1H3. The third kappa shape index (κ3) is 3.39. The molecule has 2 rings (SSSR count). The molecular formula is C14H22N2S. The van der Waals surface area contributed by atoms with Gasteiger partial charge >= 0.3 is 0 Å². The summed E-state index contributed by atoms with van der Waals surface area (Å²) in [5.74, 6) is 0.998. The first-order valence-corrected chi connectivity index (χ1v) is 7.08. The first-order valence-electron chi connectivity index (χ1n) is 6.45. The minimum atomic E-state index is 0.998. The molecular weight excluding hydrogens is 228 g/mol. The molecule has 0 aromatic heterocycles. The number of thiol groups is 1. The first-order chi connectivity index (χ1) is 8.31. The lowest BCUT2D eigenvalue weighted by Gasteiger charge is -2.36. The first kappa shape index (κ1) is 12.8. The molecule has 1 aliphatic heterocycles. The average molecular weight is 250 g/mol. The van der Waals surface area contributed by atoms with Crippen LogP contribution in [0.5, 0.6) is 0 Å². The highest BCUT2D eigenvalue weighted by Crippen LogP contribution is 2.20. The van der Waals surface area contributed by atoms with Gasteiger partial charge in [0, 0.05) is 31.9 Å². The topological polar surface area (TPSA) is 6.48 Å². The van der Waals surface area contributed by atoms with Gasteiger partial charge in [-0.25, -0.2) is 0 Å². The molecule has 1 fully saturated rings. The Balaban J connectivity index is 1.89. The summed E-state index contributed by atoms with van der Waals surface area (Å²) in [6, 6.07) is 8.68. The molecule has 0 unspecified atom stereocenters. The van der Waals surface area contributed by atoms with Crippen LogP contribution in [0.25, 0.3) is 0 Å². The Morgan fingerprint density at radius 1 is 1.12 bits per heavy atom. The van der Waals surface area contributed by atoms with Crippen LogP contribution in [0, 0.1) is 6.92 Å². The molecule has 0 aliphatic carbocycles. The van der Waals surface area contributed by atoms with Crippen molar-refractivity contribution in [3.8, 4) is 0 Å². The Hall–Kier alpha value is -0.670. The minimum absolute atomic E-state index is 0.998. The minimum Gasteiger partial charge on any atom is -0.369 e. The monoisotopic (exact) mass is 250 g/mol. The molecule has 0 saturated carbocycles. The van der Waals surface area contributed by atoms with Crippen LogP contribution in [-0.4, -0.2) is 43.4 Å². The zero-order valence-corrected chi connectivity index (χ0v) is 11.5. The molecule has 0 radical (unpaired) electrons. The summed E-state index contributed by atoms with van der Waals surface area (Å²) in [5.41, 5.74) is 2.79. The zero-order valence-electron chi connectivity index (χ0n) is 10.6. The van der Waals surface area contributed by atoms with E-state index in [1.807, 2.05) is 0 Å². The van der Waals surface area contributed by atoms with Gasteiger partial charge in [0.15, 0.2) is 0 Å². The number of para-hydroxylation sites is 1. The SMILES string of the molecule is Cc1ccccc1N1CCN(CCCS)CC1. The molecule has 0 N–H and O–H groups in total. The van der Waals surface area contributed by atoms with E-state index in [0.717, 1.165) is 18.8 Å². The van der Waals surface area contributed by atoms with E-state index in [1.165, 1.54) is 37.3 Å². The lowest BCUT2D eigenvalue weighted by molar-refractivity contribution is 0.259. The van der Waals surface area contributed by atoms with Crippen LogP contribution < -0.4 is 4.90 Å². The van der Waals surface area contributed by atoms with Gasteiger partial charge in [-0.15, -0.1) is 0 Å². The van der Waals surface area contributed by atoms with Crippen molar-refractivity contribution in [1.82, 2.24) is 4.90 Å². The highest BCUT2D eigenvalue weighted by atomic mass is 32.1. The summed E-state index contributed by atoms with van der Waals surface area (Å²) in [4.78, 5) is 5.05. The van der Waals surface area contributed by atoms with Crippen molar-refractivity contribution in [3.05, 3.63) is 29.8 Å².